The summed E-state index contributed by atoms with van der Waals surface area (Å²) in [4.78, 5) is 26.4. The van der Waals surface area contributed by atoms with Crippen molar-refractivity contribution in [1.82, 2.24) is 10.2 Å². The monoisotopic (exact) mass is 278 g/mol. The van der Waals surface area contributed by atoms with Crippen LogP contribution in [0.1, 0.15) is 45.4 Å². The summed E-state index contributed by atoms with van der Waals surface area (Å²) < 4.78 is 0. The second-order valence-electron chi connectivity index (χ2n) is 6.77. The average molecular weight is 278 g/mol. The standard InChI is InChI=1S/C16H26N2O2/c1-2-11-9-13-14(10-11)16(20)18(15(13)19)8-5-12-3-6-17-7-4-12/h11-14,17H,2-10H2,1H3. The van der Waals surface area contributed by atoms with Crippen molar-refractivity contribution in [2.24, 2.45) is 23.7 Å². The topological polar surface area (TPSA) is 49.4 Å². The molecule has 1 N–H and O–H groups in total. The van der Waals surface area contributed by atoms with Crippen LogP contribution in [0.25, 0.3) is 0 Å². The van der Waals surface area contributed by atoms with Gasteiger partial charge in [0.15, 0.2) is 0 Å². The average Bonchev–Trinajstić information content (AvgIpc) is 3.00. The van der Waals surface area contributed by atoms with E-state index in [-0.39, 0.29) is 23.7 Å². The molecule has 1 aliphatic carbocycles. The van der Waals surface area contributed by atoms with Crippen LogP contribution in [0.3, 0.4) is 0 Å². The Labute approximate surface area is 121 Å². The minimum absolute atomic E-state index is 0.0143. The van der Waals surface area contributed by atoms with E-state index in [4.69, 9.17) is 0 Å². The quantitative estimate of drug-likeness (QED) is 0.798. The van der Waals surface area contributed by atoms with Crippen LogP contribution in [0.15, 0.2) is 0 Å². The van der Waals surface area contributed by atoms with Crippen LogP contribution in [0.5, 0.6) is 0 Å². The maximum absolute atomic E-state index is 12.4. The molecular weight excluding hydrogens is 252 g/mol. The molecule has 20 heavy (non-hydrogen) atoms. The Kier molecular flexibility index (Phi) is 4.11. The molecule has 2 amide bonds. The lowest BCUT2D eigenvalue weighted by atomic mass is 9.94. The van der Waals surface area contributed by atoms with E-state index in [9.17, 15) is 9.59 Å². The van der Waals surface area contributed by atoms with Crippen molar-refractivity contribution in [3.8, 4) is 0 Å². The number of likely N-dealkylation sites (tertiary alicyclic amines) is 1. The van der Waals surface area contributed by atoms with E-state index in [0.717, 1.165) is 38.8 Å². The summed E-state index contributed by atoms with van der Waals surface area (Å²) in [5.74, 6) is 1.56. The molecule has 2 saturated heterocycles. The van der Waals surface area contributed by atoms with E-state index in [0.29, 0.717) is 18.4 Å². The molecule has 0 bridgehead atoms. The maximum Gasteiger partial charge on any atom is 0.233 e. The lowest BCUT2D eigenvalue weighted by Gasteiger charge is -2.25. The van der Waals surface area contributed by atoms with E-state index in [2.05, 4.69) is 12.2 Å². The highest BCUT2D eigenvalue weighted by molar-refractivity contribution is 6.05. The maximum atomic E-state index is 12.4. The third-order valence-corrected chi connectivity index (χ3v) is 5.62. The first kappa shape index (κ1) is 14.1. The number of carbonyl (C=O) groups excluding carboxylic acids is 2. The molecule has 4 nitrogen and oxygen atoms in total. The molecule has 0 spiro atoms. The smallest absolute Gasteiger partial charge is 0.233 e. The fourth-order valence-electron chi connectivity index (χ4n) is 4.23. The Balaban J connectivity index is 1.56. The van der Waals surface area contributed by atoms with Gasteiger partial charge >= 0.3 is 0 Å². The molecular formula is C16H26N2O2. The highest BCUT2D eigenvalue weighted by atomic mass is 16.2. The Morgan fingerprint density at radius 3 is 2.20 bits per heavy atom. The second kappa shape index (κ2) is 5.84. The highest BCUT2D eigenvalue weighted by Gasteiger charge is 2.51. The number of nitrogens with one attached hydrogen (secondary N) is 1. The van der Waals surface area contributed by atoms with Gasteiger partial charge in [-0.1, -0.05) is 13.3 Å². The summed E-state index contributed by atoms with van der Waals surface area (Å²) in [6.07, 6.45) is 6.34. The number of carbonyl (C=O) groups is 2. The van der Waals surface area contributed by atoms with Crippen LogP contribution in [-0.2, 0) is 9.59 Å². The fourth-order valence-corrected chi connectivity index (χ4v) is 4.23. The summed E-state index contributed by atoms with van der Waals surface area (Å²) in [6, 6.07) is 0. The number of fused-ring (bicyclic) bond motifs is 1. The summed E-state index contributed by atoms with van der Waals surface area (Å²) in [7, 11) is 0. The SMILES string of the molecule is CCC1CC2C(=O)N(CCC3CCNCC3)C(=O)C2C1. The molecule has 0 aromatic heterocycles. The van der Waals surface area contributed by atoms with Gasteiger partial charge in [0, 0.05) is 6.54 Å². The minimum atomic E-state index is 0.0143. The van der Waals surface area contributed by atoms with Gasteiger partial charge in [-0.25, -0.2) is 0 Å². The van der Waals surface area contributed by atoms with Crippen LogP contribution in [0, 0.1) is 23.7 Å². The molecule has 2 unspecified atom stereocenters. The first-order valence-corrected chi connectivity index (χ1v) is 8.26. The van der Waals surface area contributed by atoms with Gasteiger partial charge in [0.1, 0.15) is 0 Å². The molecule has 3 fully saturated rings. The number of hydrogen-bond acceptors (Lipinski definition) is 3. The molecule has 3 aliphatic rings. The van der Waals surface area contributed by atoms with Crippen molar-refractivity contribution in [2.75, 3.05) is 19.6 Å². The number of rotatable bonds is 4. The third-order valence-electron chi connectivity index (χ3n) is 5.62. The second-order valence-corrected chi connectivity index (χ2v) is 6.77. The van der Waals surface area contributed by atoms with E-state index in [1.54, 1.807) is 4.90 Å². The fraction of sp³-hybridized carbons (Fsp3) is 0.875. The van der Waals surface area contributed by atoms with Crippen molar-refractivity contribution >= 4 is 11.8 Å². The molecule has 0 aromatic carbocycles. The first-order chi connectivity index (χ1) is 9.70. The molecule has 2 heterocycles. The number of amides is 2. The van der Waals surface area contributed by atoms with Crippen molar-refractivity contribution in [2.45, 2.75) is 45.4 Å². The Bertz CT molecular complexity index is 366. The van der Waals surface area contributed by atoms with E-state index < -0.39 is 0 Å². The number of imide groups is 1. The summed E-state index contributed by atoms with van der Waals surface area (Å²) >= 11 is 0. The van der Waals surface area contributed by atoms with Gasteiger partial charge < -0.3 is 5.32 Å². The molecule has 3 rings (SSSR count). The van der Waals surface area contributed by atoms with Gasteiger partial charge in [-0.3, -0.25) is 14.5 Å². The van der Waals surface area contributed by atoms with Gasteiger partial charge in [0.25, 0.3) is 0 Å². The zero-order valence-corrected chi connectivity index (χ0v) is 12.4. The molecule has 0 aromatic rings. The van der Waals surface area contributed by atoms with Crippen molar-refractivity contribution in [3.05, 3.63) is 0 Å². The summed E-state index contributed by atoms with van der Waals surface area (Å²) in [5, 5.41) is 3.36. The lowest BCUT2D eigenvalue weighted by molar-refractivity contribution is -0.140. The van der Waals surface area contributed by atoms with Crippen LogP contribution in [0.2, 0.25) is 0 Å². The van der Waals surface area contributed by atoms with Crippen molar-refractivity contribution in [1.29, 1.82) is 0 Å². The van der Waals surface area contributed by atoms with Gasteiger partial charge in [0.2, 0.25) is 11.8 Å². The van der Waals surface area contributed by atoms with Crippen LogP contribution >= 0.6 is 0 Å². The minimum Gasteiger partial charge on any atom is -0.317 e. The van der Waals surface area contributed by atoms with Crippen LogP contribution < -0.4 is 5.32 Å². The Hall–Kier alpha value is -0.900. The zero-order valence-electron chi connectivity index (χ0n) is 12.4. The van der Waals surface area contributed by atoms with Crippen LogP contribution in [0.4, 0.5) is 0 Å². The number of nitrogens with zero attached hydrogens (tertiary/aromatic N) is 1. The first-order valence-electron chi connectivity index (χ1n) is 8.26. The molecule has 0 radical (unpaired) electrons. The van der Waals surface area contributed by atoms with Gasteiger partial charge in [0.05, 0.1) is 11.8 Å². The Morgan fingerprint density at radius 2 is 1.65 bits per heavy atom. The van der Waals surface area contributed by atoms with Crippen molar-refractivity contribution < 1.29 is 9.59 Å². The van der Waals surface area contributed by atoms with E-state index in [1.165, 1.54) is 12.8 Å². The zero-order chi connectivity index (χ0) is 14.1. The highest BCUT2D eigenvalue weighted by Crippen LogP contribution is 2.44. The largest absolute Gasteiger partial charge is 0.317 e. The van der Waals surface area contributed by atoms with E-state index in [1.807, 2.05) is 0 Å². The number of piperidine rings is 1. The Morgan fingerprint density at radius 1 is 1.05 bits per heavy atom. The molecule has 1 saturated carbocycles. The summed E-state index contributed by atoms with van der Waals surface area (Å²) in [6.45, 7) is 4.98. The molecule has 4 heteroatoms. The lowest BCUT2D eigenvalue weighted by Crippen LogP contribution is -2.35. The predicted molar refractivity (Wildman–Crippen MR) is 76.9 cm³/mol. The summed E-state index contributed by atoms with van der Waals surface area (Å²) in [5.41, 5.74) is 0. The molecule has 2 atom stereocenters. The molecule has 112 valence electrons. The van der Waals surface area contributed by atoms with Crippen LogP contribution in [-0.4, -0.2) is 36.3 Å². The predicted octanol–water partition coefficient (Wildman–Crippen LogP) is 1.80. The van der Waals surface area contributed by atoms with Crippen molar-refractivity contribution in [3.63, 3.8) is 0 Å². The van der Waals surface area contributed by atoms with E-state index >= 15 is 0 Å². The van der Waals surface area contributed by atoms with Gasteiger partial charge in [-0.2, -0.15) is 0 Å². The van der Waals surface area contributed by atoms with Gasteiger partial charge in [-0.05, 0) is 57.0 Å². The molecule has 2 aliphatic heterocycles. The normalized spacial score (nSPS) is 34.9. The third kappa shape index (κ3) is 2.50. The van der Waals surface area contributed by atoms with Gasteiger partial charge in [-0.15, -0.1) is 0 Å². The number of hydrogen-bond donors (Lipinski definition) is 1.